The fraction of sp³-hybridized carbons (Fsp3) is 0.500. The third-order valence-corrected chi connectivity index (χ3v) is 4.42. The van der Waals surface area contributed by atoms with E-state index in [2.05, 4.69) is 4.72 Å². The number of aliphatic hydroxyl groups is 1. The molecule has 0 radical (unpaired) electrons. The van der Waals surface area contributed by atoms with Gasteiger partial charge in [-0.25, -0.2) is 13.1 Å². The van der Waals surface area contributed by atoms with Crippen LogP contribution in [0, 0.1) is 6.92 Å². The minimum absolute atomic E-state index is 0.0998. The Hall–Kier alpha value is -0.910. The van der Waals surface area contributed by atoms with Crippen molar-refractivity contribution in [2.24, 2.45) is 0 Å². The van der Waals surface area contributed by atoms with Gasteiger partial charge in [-0.2, -0.15) is 0 Å². The molecule has 1 rings (SSSR count). The van der Waals surface area contributed by atoms with Gasteiger partial charge in [-0.05, 0) is 37.5 Å². The third kappa shape index (κ3) is 3.52. The van der Waals surface area contributed by atoms with Crippen molar-refractivity contribution in [3.05, 3.63) is 29.3 Å². The summed E-state index contributed by atoms with van der Waals surface area (Å²) in [6.45, 7) is 5.32. The first kappa shape index (κ1) is 14.2. The summed E-state index contributed by atoms with van der Waals surface area (Å²) in [4.78, 5) is 0.240. The Morgan fingerprint density at radius 2 is 2.06 bits per heavy atom. The molecule has 0 aliphatic carbocycles. The lowest BCUT2D eigenvalue weighted by Crippen LogP contribution is -2.32. The van der Waals surface area contributed by atoms with Crippen molar-refractivity contribution in [3.63, 3.8) is 0 Å². The predicted molar refractivity (Wildman–Crippen MR) is 67.2 cm³/mol. The number of aryl methyl sites for hydroxylation is 1. The van der Waals surface area contributed by atoms with Crippen LogP contribution in [0.2, 0.25) is 0 Å². The molecule has 0 amide bonds. The normalized spacial score (nSPS) is 13.6. The average molecular weight is 257 g/mol. The summed E-state index contributed by atoms with van der Waals surface area (Å²) >= 11 is 0. The minimum Gasteiger partial charge on any atom is -0.392 e. The molecule has 0 aliphatic rings. The fourth-order valence-electron chi connectivity index (χ4n) is 1.44. The van der Waals surface area contributed by atoms with E-state index < -0.39 is 10.0 Å². The van der Waals surface area contributed by atoms with Crippen molar-refractivity contribution in [3.8, 4) is 0 Å². The SMILES string of the molecule is CCC(C)NS(=O)(=O)c1cc(CO)ccc1C. The van der Waals surface area contributed by atoms with Crippen molar-refractivity contribution < 1.29 is 13.5 Å². The first-order valence-electron chi connectivity index (χ1n) is 5.63. The maximum atomic E-state index is 12.1. The predicted octanol–water partition coefficient (Wildman–Crippen LogP) is 1.56. The number of hydrogen-bond acceptors (Lipinski definition) is 3. The Kier molecular flexibility index (Phi) is 4.68. The summed E-state index contributed by atoms with van der Waals surface area (Å²) in [5.41, 5.74) is 1.28. The Balaban J connectivity index is 3.14. The molecule has 0 saturated carbocycles. The van der Waals surface area contributed by atoms with Gasteiger partial charge in [0.2, 0.25) is 10.0 Å². The second kappa shape index (κ2) is 5.62. The Labute approximate surface area is 103 Å². The molecule has 0 fully saturated rings. The summed E-state index contributed by atoms with van der Waals surface area (Å²) < 4.78 is 26.8. The average Bonchev–Trinajstić information content (AvgIpc) is 2.28. The summed E-state index contributed by atoms with van der Waals surface area (Å²) in [6, 6.07) is 4.84. The molecule has 0 bridgehead atoms. The molecular weight excluding hydrogens is 238 g/mol. The van der Waals surface area contributed by atoms with Crippen molar-refractivity contribution in [2.75, 3.05) is 0 Å². The monoisotopic (exact) mass is 257 g/mol. The molecule has 1 aromatic carbocycles. The van der Waals surface area contributed by atoms with Gasteiger partial charge in [0.15, 0.2) is 0 Å². The van der Waals surface area contributed by atoms with E-state index in [1.807, 2.05) is 13.8 Å². The largest absolute Gasteiger partial charge is 0.392 e. The number of hydrogen-bond donors (Lipinski definition) is 2. The number of sulfonamides is 1. The lowest BCUT2D eigenvalue weighted by molar-refractivity contribution is 0.281. The maximum absolute atomic E-state index is 12.1. The van der Waals surface area contributed by atoms with Gasteiger partial charge in [0.05, 0.1) is 11.5 Å². The number of rotatable bonds is 5. The molecule has 1 atom stereocenters. The Morgan fingerprint density at radius 3 is 2.59 bits per heavy atom. The number of benzene rings is 1. The number of nitrogens with one attached hydrogen (secondary N) is 1. The fourth-order valence-corrected chi connectivity index (χ4v) is 3.07. The molecular formula is C12H19NO3S. The number of aliphatic hydroxyl groups excluding tert-OH is 1. The van der Waals surface area contributed by atoms with E-state index in [4.69, 9.17) is 5.11 Å². The van der Waals surface area contributed by atoms with Crippen LogP contribution in [0.5, 0.6) is 0 Å². The van der Waals surface area contributed by atoms with Gasteiger partial charge in [0, 0.05) is 6.04 Å². The van der Waals surface area contributed by atoms with Crippen molar-refractivity contribution >= 4 is 10.0 Å². The zero-order valence-corrected chi connectivity index (χ0v) is 11.2. The van der Waals surface area contributed by atoms with Crippen LogP contribution in [0.4, 0.5) is 0 Å². The van der Waals surface area contributed by atoms with E-state index in [0.717, 1.165) is 6.42 Å². The second-order valence-electron chi connectivity index (χ2n) is 4.19. The molecule has 17 heavy (non-hydrogen) atoms. The summed E-state index contributed by atoms with van der Waals surface area (Å²) in [5.74, 6) is 0. The highest BCUT2D eigenvalue weighted by atomic mass is 32.2. The quantitative estimate of drug-likeness (QED) is 0.841. The smallest absolute Gasteiger partial charge is 0.241 e. The van der Waals surface area contributed by atoms with Crippen LogP contribution in [0.25, 0.3) is 0 Å². The first-order chi connectivity index (χ1) is 7.90. The van der Waals surface area contributed by atoms with Crippen LogP contribution in [-0.2, 0) is 16.6 Å². The molecule has 0 spiro atoms. The van der Waals surface area contributed by atoms with Crippen LogP contribution >= 0.6 is 0 Å². The molecule has 4 nitrogen and oxygen atoms in total. The summed E-state index contributed by atoms with van der Waals surface area (Å²) in [5, 5.41) is 9.03. The molecule has 0 aliphatic heterocycles. The van der Waals surface area contributed by atoms with Gasteiger partial charge >= 0.3 is 0 Å². The highest BCUT2D eigenvalue weighted by Gasteiger charge is 2.19. The molecule has 5 heteroatoms. The van der Waals surface area contributed by atoms with Crippen molar-refractivity contribution in [1.29, 1.82) is 0 Å². The van der Waals surface area contributed by atoms with E-state index in [-0.39, 0.29) is 17.5 Å². The van der Waals surface area contributed by atoms with Gasteiger partial charge in [0.25, 0.3) is 0 Å². The second-order valence-corrected chi connectivity index (χ2v) is 5.87. The zero-order valence-electron chi connectivity index (χ0n) is 10.4. The molecule has 0 heterocycles. The Bertz CT molecular complexity index is 483. The van der Waals surface area contributed by atoms with E-state index >= 15 is 0 Å². The topological polar surface area (TPSA) is 66.4 Å². The molecule has 96 valence electrons. The van der Waals surface area contributed by atoms with Gasteiger partial charge in [-0.1, -0.05) is 19.1 Å². The van der Waals surface area contributed by atoms with Gasteiger partial charge in [0.1, 0.15) is 0 Å². The van der Waals surface area contributed by atoms with Crippen LogP contribution in [0.1, 0.15) is 31.4 Å². The maximum Gasteiger partial charge on any atom is 0.241 e. The van der Waals surface area contributed by atoms with E-state index in [1.54, 1.807) is 19.1 Å². The summed E-state index contributed by atoms with van der Waals surface area (Å²) in [6.07, 6.45) is 0.734. The van der Waals surface area contributed by atoms with Crippen LogP contribution in [0.3, 0.4) is 0 Å². The molecule has 2 N–H and O–H groups in total. The molecule has 1 aromatic rings. The van der Waals surface area contributed by atoms with Crippen LogP contribution < -0.4 is 4.72 Å². The van der Waals surface area contributed by atoms with Gasteiger partial charge in [-0.3, -0.25) is 0 Å². The molecule has 0 aromatic heterocycles. The third-order valence-electron chi connectivity index (χ3n) is 2.69. The van der Waals surface area contributed by atoms with E-state index in [0.29, 0.717) is 11.1 Å². The van der Waals surface area contributed by atoms with E-state index in [9.17, 15) is 8.42 Å². The Morgan fingerprint density at radius 1 is 1.41 bits per heavy atom. The highest BCUT2D eigenvalue weighted by Crippen LogP contribution is 2.17. The van der Waals surface area contributed by atoms with Crippen LogP contribution in [0.15, 0.2) is 23.1 Å². The standard InChI is InChI=1S/C12H19NO3S/c1-4-10(3)13-17(15,16)12-7-11(8-14)6-5-9(12)2/h5-7,10,13-14H,4,8H2,1-3H3. The van der Waals surface area contributed by atoms with Gasteiger partial charge in [-0.15, -0.1) is 0 Å². The van der Waals surface area contributed by atoms with E-state index in [1.165, 1.54) is 6.07 Å². The van der Waals surface area contributed by atoms with Crippen molar-refractivity contribution in [2.45, 2.75) is 44.7 Å². The molecule has 0 saturated heterocycles. The molecule has 1 unspecified atom stereocenters. The van der Waals surface area contributed by atoms with Crippen molar-refractivity contribution in [1.82, 2.24) is 4.72 Å². The van der Waals surface area contributed by atoms with Crippen LogP contribution in [-0.4, -0.2) is 19.6 Å². The first-order valence-corrected chi connectivity index (χ1v) is 7.11. The zero-order chi connectivity index (χ0) is 13.1. The minimum atomic E-state index is -3.50. The summed E-state index contributed by atoms with van der Waals surface area (Å²) in [7, 11) is -3.50. The highest BCUT2D eigenvalue weighted by molar-refractivity contribution is 7.89. The van der Waals surface area contributed by atoms with Gasteiger partial charge < -0.3 is 5.11 Å². The lowest BCUT2D eigenvalue weighted by Gasteiger charge is -2.14. The lowest BCUT2D eigenvalue weighted by atomic mass is 10.2.